The number of rotatable bonds is 11. The monoisotopic (exact) mass is 556 g/mol. The van der Waals surface area contributed by atoms with Crippen LogP contribution in [0.2, 0.25) is 0 Å². The summed E-state index contributed by atoms with van der Waals surface area (Å²) in [6, 6.07) is 10.1. The van der Waals surface area contributed by atoms with Gasteiger partial charge in [-0.1, -0.05) is 23.5 Å². The molecule has 1 N–H and O–H groups in total. The van der Waals surface area contributed by atoms with Crippen LogP contribution in [0.15, 0.2) is 46.4 Å². The van der Waals surface area contributed by atoms with Crippen LogP contribution in [0.5, 0.6) is 5.88 Å². The number of sulfone groups is 1. The van der Waals surface area contributed by atoms with Crippen molar-refractivity contribution in [2.45, 2.75) is 42.2 Å². The van der Waals surface area contributed by atoms with Crippen LogP contribution >= 0.6 is 11.3 Å². The van der Waals surface area contributed by atoms with E-state index in [1.807, 2.05) is 25.2 Å². The Morgan fingerprint density at radius 2 is 1.87 bits per heavy atom. The van der Waals surface area contributed by atoms with Crippen molar-refractivity contribution < 1.29 is 17.9 Å². The average Bonchev–Trinajstić information content (AvgIpc) is 3.50. The highest BCUT2D eigenvalue weighted by Gasteiger charge is 2.36. The number of hydrazone groups is 1. The van der Waals surface area contributed by atoms with E-state index in [0.29, 0.717) is 46.4 Å². The number of fused-ring (bicyclic) bond motifs is 1. The van der Waals surface area contributed by atoms with Crippen molar-refractivity contribution in [3.05, 3.63) is 42.0 Å². The Balaban J connectivity index is 1.33. The molecular weight excluding hydrogens is 524 g/mol. The molecule has 1 saturated heterocycles. The third-order valence-corrected chi connectivity index (χ3v) is 9.57. The smallest absolute Gasteiger partial charge is 0.278 e. The third kappa shape index (κ3) is 6.30. The first-order valence-corrected chi connectivity index (χ1v) is 15.2. The zero-order chi connectivity index (χ0) is 26.7. The molecule has 1 aliphatic heterocycles. The number of nitrogens with one attached hydrogen (secondary N) is 1. The molecule has 5 rings (SSSR count). The fourth-order valence-corrected chi connectivity index (χ4v) is 6.68. The number of aromatic nitrogens is 2. The lowest BCUT2D eigenvalue weighted by Crippen LogP contribution is -2.27. The van der Waals surface area contributed by atoms with Crippen LogP contribution in [0.25, 0.3) is 10.3 Å². The molecule has 38 heavy (non-hydrogen) atoms. The Hall–Kier alpha value is -3.09. The summed E-state index contributed by atoms with van der Waals surface area (Å²) >= 11 is 1.26. The zero-order valence-electron chi connectivity index (χ0n) is 21.6. The van der Waals surface area contributed by atoms with Crippen molar-refractivity contribution in [3.63, 3.8) is 0 Å². The maximum absolute atomic E-state index is 13.4. The number of ether oxygens (including phenoxy) is 1. The molecule has 0 radical (unpaired) electrons. The van der Waals surface area contributed by atoms with Crippen molar-refractivity contribution in [2.75, 3.05) is 45.7 Å². The predicted molar refractivity (Wildman–Crippen MR) is 149 cm³/mol. The lowest BCUT2D eigenvalue weighted by molar-refractivity contribution is -0.110. The molecule has 2 aliphatic rings. The van der Waals surface area contributed by atoms with Gasteiger partial charge in [-0.3, -0.25) is 15.1 Å². The van der Waals surface area contributed by atoms with Crippen LogP contribution in [0.4, 0.5) is 5.13 Å². The van der Waals surface area contributed by atoms with Gasteiger partial charge in [0.05, 0.1) is 16.8 Å². The number of anilines is 1. The number of nitrogens with zero attached hydrogens (tertiary/aromatic N) is 5. The van der Waals surface area contributed by atoms with Crippen LogP contribution in [0, 0.1) is 0 Å². The normalized spacial score (nSPS) is 16.4. The number of pyridine rings is 1. The lowest BCUT2D eigenvalue weighted by Gasteiger charge is -2.14. The molecule has 10 nitrogen and oxygen atoms in total. The SMILES string of the molecule is CN(C)CCCOc1ccc2nc(NC(=O)/C(=N/N3CCCC3)c3ccc(S(=O)(=O)C4CC4)cc3)sc2n1. The molecule has 1 saturated carbocycles. The van der Waals surface area contributed by atoms with E-state index in [1.165, 1.54) is 11.3 Å². The fraction of sp³-hybridized carbons (Fsp3) is 0.462. The predicted octanol–water partition coefficient (Wildman–Crippen LogP) is 3.40. The van der Waals surface area contributed by atoms with Gasteiger partial charge in [0.1, 0.15) is 10.3 Å². The van der Waals surface area contributed by atoms with E-state index in [9.17, 15) is 13.2 Å². The molecule has 2 fully saturated rings. The minimum absolute atomic E-state index is 0.222. The second-order valence-corrected chi connectivity index (χ2v) is 13.0. The molecule has 0 unspecified atom stereocenters. The van der Waals surface area contributed by atoms with E-state index in [2.05, 4.69) is 25.3 Å². The van der Waals surface area contributed by atoms with Crippen LogP contribution < -0.4 is 10.1 Å². The molecule has 2 aromatic heterocycles. The first-order valence-electron chi connectivity index (χ1n) is 12.8. The van der Waals surface area contributed by atoms with Crippen molar-refractivity contribution in [3.8, 4) is 5.88 Å². The maximum Gasteiger partial charge on any atom is 0.278 e. The molecule has 12 heteroatoms. The van der Waals surface area contributed by atoms with Gasteiger partial charge in [-0.25, -0.2) is 18.4 Å². The third-order valence-electron chi connectivity index (χ3n) is 6.41. The standard InChI is InChI=1S/C26H32N6O4S2/c1-31(2)14-5-17-36-22-13-12-21-25(28-22)37-26(27-21)29-24(33)23(30-32-15-3-4-16-32)18-6-8-19(9-7-18)38(34,35)20-10-11-20/h6-9,12-13,20H,3-5,10-11,14-17H2,1-2H3,(H,27,29,33)/b30-23+. The van der Waals surface area contributed by atoms with Crippen LogP contribution in [0.3, 0.4) is 0 Å². The summed E-state index contributed by atoms with van der Waals surface area (Å²) in [6.45, 7) is 3.04. The highest BCUT2D eigenvalue weighted by atomic mass is 32.2. The van der Waals surface area contributed by atoms with Crippen molar-refractivity contribution in [1.29, 1.82) is 0 Å². The van der Waals surface area contributed by atoms with E-state index < -0.39 is 15.7 Å². The summed E-state index contributed by atoms with van der Waals surface area (Å²) in [5.74, 6) is 0.115. The second kappa shape index (κ2) is 11.3. The minimum atomic E-state index is -3.31. The Labute approximate surface area is 226 Å². The van der Waals surface area contributed by atoms with Crippen LogP contribution in [-0.4, -0.2) is 85.5 Å². The summed E-state index contributed by atoms with van der Waals surface area (Å²) < 4.78 is 31.0. The maximum atomic E-state index is 13.4. The molecule has 1 aromatic carbocycles. The van der Waals surface area contributed by atoms with Gasteiger partial charge in [0.25, 0.3) is 5.91 Å². The van der Waals surface area contributed by atoms with Gasteiger partial charge >= 0.3 is 0 Å². The summed E-state index contributed by atoms with van der Waals surface area (Å²) in [7, 11) is 0.735. The van der Waals surface area contributed by atoms with Gasteiger partial charge in [-0.15, -0.1) is 0 Å². The number of thiazole rings is 1. The van der Waals surface area contributed by atoms with Gasteiger partial charge in [0, 0.05) is 31.3 Å². The second-order valence-electron chi connectivity index (χ2n) is 9.83. The Morgan fingerprint density at radius 3 is 2.55 bits per heavy atom. The van der Waals surface area contributed by atoms with E-state index in [0.717, 1.165) is 38.9 Å². The van der Waals surface area contributed by atoms with Crippen LogP contribution in [-0.2, 0) is 14.6 Å². The van der Waals surface area contributed by atoms with Crippen molar-refractivity contribution in [2.24, 2.45) is 5.10 Å². The van der Waals surface area contributed by atoms with Gasteiger partial charge in [-0.2, -0.15) is 5.10 Å². The first kappa shape index (κ1) is 26.5. The quantitative estimate of drug-likeness (QED) is 0.282. The molecule has 1 amide bonds. The largest absolute Gasteiger partial charge is 0.478 e. The number of hydrogen-bond donors (Lipinski definition) is 1. The van der Waals surface area contributed by atoms with Gasteiger partial charge in [0.15, 0.2) is 20.7 Å². The highest BCUT2D eigenvalue weighted by molar-refractivity contribution is 7.92. The van der Waals surface area contributed by atoms with Crippen molar-refractivity contribution in [1.82, 2.24) is 19.9 Å². The summed E-state index contributed by atoms with van der Waals surface area (Å²) in [5, 5.41) is 9.50. The first-order chi connectivity index (χ1) is 18.3. The summed E-state index contributed by atoms with van der Waals surface area (Å²) in [5.41, 5.74) is 1.44. The Morgan fingerprint density at radius 1 is 1.13 bits per heavy atom. The topological polar surface area (TPSA) is 117 Å². The van der Waals surface area contributed by atoms with E-state index >= 15 is 0 Å². The molecule has 0 atom stereocenters. The molecule has 0 bridgehead atoms. The molecule has 202 valence electrons. The Bertz CT molecular complexity index is 1430. The summed E-state index contributed by atoms with van der Waals surface area (Å²) in [6.07, 6.45) is 4.33. The van der Waals surface area contributed by atoms with Crippen LogP contribution in [0.1, 0.15) is 37.7 Å². The zero-order valence-corrected chi connectivity index (χ0v) is 23.2. The van der Waals surface area contributed by atoms with E-state index in [1.54, 1.807) is 30.3 Å². The molecule has 3 heterocycles. The number of carbonyl (C=O) groups excluding carboxylic acids is 1. The minimum Gasteiger partial charge on any atom is -0.478 e. The van der Waals surface area contributed by atoms with Crippen molar-refractivity contribution >= 4 is 48.3 Å². The molecule has 1 aliphatic carbocycles. The number of benzene rings is 1. The van der Waals surface area contributed by atoms with E-state index in [4.69, 9.17) is 4.74 Å². The molecule has 3 aromatic rings. The van der Waals surface area contributed by atoms with Gasteiger partial charge in [0.2, 0.25) is 5.88 Å². The highest BCUT2D eigenvalue weighted by Crippen LogP contribution is 2.33. The number of amides is 1. The number of hydrogen-bond acceptors (Lipinski definition) is 10. The molecule has 0 spiro atoms. The van der Waals surface area contributed by atoms with E-state index in [-0.39, 0.29) is 15.9 Å². The van der Waals surface area contributed by atoms with Gasteiger partial charge in [-0.05, 0) is 64.4 Å². The summed E-state index contributed by atoms with van der Waals surface area (Å²) in [4.78, 5) is 25.5. The number of carbonyl (C=O) groups is 1. The lowest BCUT2D eigenvalue weighted by atomic mass is 10.1. The Kier molecular flexibility index (Phi) is 7.91. The molecular formula is C26H32N6O4S2. The van der Waals surface area contributed by atoms with Gasteiger partial charge < -0.3 is 9.64 Å². The fourth-order valence-electron chi connectivity index (χ4n) is 4.20. The average molecular weight is 557 g/mol.